The van der Waals surface area contributed by atoms with Gasteiger partial charge in [-0.05, 0) is 25.5 Å². The van der Waals surface area contributed by atoms with Crippen molar-refractivity contribution in [2.45, 2.75) is 26.3 Å². The van der Waals surface area contributed by atoms with Gasteiger partial charge in [0.15, 0.2) is 5.78 Å². The number of Topliss-reactive ketones (excluding diaryl/α,β-unsaturated/α-hetero) is 1. The summed E-state index contributed by atoms with van der Waals surface area (Å²) in [4.78, 5) is 26.4. The van der Waals surface area contributed by atoms with Gasteiger partial charge in [-0.2, -0.15) is 0 Å². The van der Waals surface area contributed by atoms with E-state index in [2.05, 4.69) is 0 Å². The van der Waals surface area contributed by atoms with Crippen LogP contribution in [0.2, 0.25) is 0 Å². The Morgan fingerprint density at radius 2 is 2.27 bits per heavy atom. The summed E-state index contributed by atoms with van der Waals surface area (Å²) < 4.78 is 0. The first kappa shape index (κ1) is 10.4. The zero-order valence-electron chi connectivity index (χ0n) is 9.03. The molecule has 1 aliphatic rings. The monoisotopic (exact) mass is 223 g/mol. The third-order valence-corrected chi connectivity index (χ3v) is 4.18. The summed E-state index contributed by atoms with van der Waals surface area (Å²) in [6.45, 7) is 3.56. The molecule has 0 fully saturated rings. The molecular formula is C11H13NO2S. The molecule has 0 radical (unpaired) electrons. The van der Waals surface area contributed by atoms with E-state index in [1.165, 1.54) is 11.3 Å². The van der Waals surface area contributed by atoms with E-state index in [0.29, 0.717) is 6.42 Å². The molecule has 4 heteroatoms. The molecule has 0 saturated heterocycles. The normalized spacial score (nSPS) is 20.3. The summed E-state index contributed by atoms with van der Waals surface area (Å²) in [7, 11) is 1.81. The van der Waals surface area contributed by atoms with Crippen LogP contribution in [0.4, 0.5) is 0 Å². The molecule has 0 spiro atoms. The van der Waals surface area contributed by atoms with Crippen LogP contribution >= 0.6 is 11.3 Å². The molecule has 15 heavy (non-hydrogen) atoms. The lowest BCUT2D eigenvalue weighted by Gasteiger charge is -2.29. The fourth-order valence-corrected chi connectivity index (χ4v) is 2.93. The fraction of sp³-hybridized carbons (Fsp3) is 0.455. The van der Waals surface area contributed by atoms with Crippen molar-refractivity contribution < 1.29 is 9.59 Å². The van der Waals surface area contributed by atoms with Crippen LogP contribution in [-0.4, -0.2) is 23.6 Å². The van der Waals surface area contributed by atoms with E-state index < -0.39 is 0 Å². The minimum absolute atomic E-state index is 0.0803. The highest BCUT2D eigenvalue weighted by molar-refractivity contribution is 7.14. The maximum Gasteiger partial charge on any atom is 0.228 e. The van der Waals surface area contributed by atoms with Crippen molar-refractivity contribution in [3.8, 4) is 0 Å². The Morgan fingerprint density at radius 3 is 2.87 bits per heavy atom. The van der Waals surface area contributed by atoms with Gasteiger partial charge in [-0.3, -0.25) is 9.59 Å². The van der Waals surface area contributed by atoms with Gasteiger partial charge in [-0.25, -0.2) is 0 Å². The molecule has 1 amide bonds. The molecule has 0 aliphatic carbocycles. The SMILES string of the molecule is CC(=O)c1cc2c(s1)CC(=O)N(C)C2C. The highest BCUT2D eigenvalue weighted by Gasteiger charge is 2.29. The molecule has 1 atom stereocenters. The lowest BCUT2D eigenvalue weighted by atomic mass is 10.0. The van der Waals surface area contributed by atoms with Gasteiger partial charge in [0.1, 0.15) is 0 Å². The Hall–Kier alpha value is -1.16. The Balaban J connectivity index is 2.47. The van der Waals surface area contributed by atoms with Gasteiger partial charge < -0.3 is 4.90 Å². The summed E-state index contributed by atoms with van der Waals surface area (Å²) >= 11 is 1.46. The van der Waals surface area contributed by atoms with E-state index in [9.17, 15) is 9.59 Å². The Labute approximate surface area is 92.7 Å². The molecule has 2 heterocycles. The number of hydrogen-bond donors (Lipinski definition) is 0. The standard InChI is InChI=1S/C11H13NO2S/c1-6-8-4-9(7(2)13)15-10(8)5-11(14)12(6)3/h4,6H,5H2,1-3H3. The second-order valence-corrected chi connectivity index (χ2v) is 5.04. The summed E-state index contributed by atoms with van der Waals surface area (Å²) in [6.07, 6.45) is 0.439. The molecular weight excluding hydrogens is 210 g/mol. The third-order valence-electron chi connectivity index (χ3n) is 2.92. The minimum Gasteiger partial charge on any atom is -0.339 e. The zero-order chi connectivity index (χ0) is 11.2. The Kier molecular flexibility index (Phi) is 2.38. The van der Waals surface area contributed by atoms with Crippen LogP contribution in [0.5, 0.6) is 0 Å². The quantitative estimate of drug-likeness (QED) is 0.683. The van der Waals surface area contributed by atoms with Crippen LogP contribution in [0, 0.1) is 0 Å². The van der Waals surface area contributed by atoms with E-state index >= 15 is 0 Å². The number of likely N-dealkylation sites (N-methyl/N-ethyl adjacent to an activating group) is 1. The van der Waals surface area contributed by atoms with Gasteiger partial charge in [0, 0.05) is 11.9 Å². The summed E-state index contributed by atoms with van der Waals surface area (Å²) in [5.74, 6) is 0.212. The van der Waals surface area contributed by atoms with Crippen molar-refractivity contribution in [2.75, 3.05) is 7.05 Å². The predicted molar refractivity (Wildman–Crippen MR) is 59.2 cm³/mol. The summed E-state index contributed by atoms with van der Waals surface area (Å²) in [5.41, 5.74) is 1.13. The molecule has 1 unspecified atom stereocenters. The van der Waals surface area contributed by atoms with Gasteiger partial charge in [0.2, 0.25) is 5.91 Å². The number of fused-ring (bicyclic) bond motifs is 1. The lowest BCUT2D eigenvalue weighted by molar-refractivity contribution is -0.131. The second kappa shape index (κ2) is 3.45. The van der Waals surface area contributed by atoms with E-state index in [0.717, 1.165) is 15.3 Å². The number of carbonyl (C=O) groups excluding carboxylic acids is 2. The Morgan fingerprint density at radius 1 is 1.60 bits per heavy atom. The maximum atomic E-state index is 11.6. The van der Waals surface area contributed by atoms with Crippen molar-refractivity contribution in [2.24, 2.45) is 0 Å². The van der Waals surface area contributed by atoms with Crippen LogP contribution in [0.25, 0.3) is 0 Å². The van der Waals surface area contributed by atoms with Gasteiger partial charge in [0.05, 0.1) is 17.3 Å². The van der Waals surface area contributed by atoms with Gasteiger partial charge in [-0.1, -0.05) is 0 Å². The van der Waals surface area contributed by atoms with Crippen molar-refractivity contribution in [3.63, 3.8) is 0 Å². The average molecular weight is 223 g/mol. The van der Waals surface area contributed by atoms with E-state index in [-0.39, 0.29) is 17.7 Å². The number of nitrogens with zero attached hydrogens (tertiary/aromatic N) is 1. The molecule has 0 bridgehead atoms. The van der Waals surface area contributed by atoms with Crippen LogP contribution in [0.3, 0.4) is 0 Å². The topological polar surface area (TPSA) is 37.4 Å². The van der Waals surface area contributed by atoms with E-state index in [1.807, 2.05) is 13.0 Å². The van der Waals surface area contributed by atoms with Crippen LogP contribution in [-0.2, 0) is 11.2 Å². The number of thiophene rings is 1. The van der Waals surface area contributed by atoms with E-state index in [4.69, 9.17) is 0 Å². The summed E-state index contributed by atoms with van der Waals surface area (Å²) in [5, 5.41) is 0. The summed E-state index contributed by atoms with van der Waals surface area (Å²) in [6, 6.07) is 2.02. The first-order chi connectivity index (χ1) is 7.00. The zero-order valence-corrected chi connectivity index (χ0v) is 9.85. The van der Waals surface area contributed by atoms with Crippen molar-refractivity contribution >= 4 is 23.0 Å². The van der Waals surface area contributed by atoms with E-state index in [1.54, 1.807) is 18.9 Å². The average Bonchev–Trinajstić information content (AvgIpc) is 2.58. The van der Waals surface area contributed by atoms with Crippen LogP contribution in [0.15, 0.2) is 6.07 Å². The molecule has 1 aromatic heterocycles. The molecule has 3 nitrogen and oxygen atoms in total. The third kappa shape index (κ3) is 1.59. The lowest BCUT2D eigenvalue weighted by Crippen LogP contribution is -2.34. The van der Waals surface area contributed by atoms with Gasteiger partial charge in [0.25, 0.3) is 0 Å². The molecule has 0 N–H and O–H groups in total. The predicted octanol–water partition coefficient (Wildman–Crippen LogP) is 2.03. The largest absolute Gasteiger partial charge is 0.339 e. The molecule has 80 valence electrons. The van der Waals surface area contributed by atoms with Crippen molar-refractivity contribution in [1.29, 1.82) is 0 Å². The van der Waals surface area contributed by atoms with Crippen molar-refractivity contribution in [3.05, 3.63) is 21.4 Å². The molecule has 0 saturated carbocycles. The number of rotatable bonds is 1. The number of carbonyl (C=O) groups is 2. The van der Waals surface area contributed by atoms with Gasteiger partial charge in [-0.15, -0.1) is 11.3 Å². The van der Waals surface area contributed by atoms with Gasteiger partial charge >= 0.3 is 0 Å². The Bertz CT molecular complexity index is 436. The van der Waals surface area contributed by atoms with Crippen LogP contribution in [0.1, 0.15) is 40.0 Å². The fourth-order valence-electron chi connectivity index (χ4n) is 1.79. The molecule has 1 aromatic rings. The number of hydrogen-bond acceptors (Lipinski definition) is 3. The second-order valence-electron chi connectivity index (χ2n) is 3.90. The first-order valence-electron chi connectivity index (χ1n) is 4.90. The molecule has 0 aromatic carbocycles. The minimum atomic E-state index is 0.0803. The highest BCUT2D eigenvalue weighted by atomic mass is 32.1. The molecule has 1 aliphatic heterocycles. The number of ketones is 1. The highest BCUT2D eigenvalue weighted by Crippen LogP contribution is 2.35. The smallest absolute Gasteiger partial charge is 0.228 e. The number of amides is 1. The first-order valence-corrected chi connectivity index (χ1v) is 5.71. The van der Waals surface area contributed by atoms with Crippen molar-refractivity contribution in [1.82, 2.24) is 4.90 Å². The maximum absolute atomic E-state index is 11.6. The van der Waals surface area contributed by atoms with Crippen LogP contribution < -0.4 is 0 Å². The molecule has 2 rings (SSSR count).